The summed E-state index contributed by atoms with van der Waals surface area (Å²) in [7, 11) is 1.56. The van der Waals surface area contributed by atoms with Crippen molar-refractivity contribution in [3.63, 3.8) is 0 Å². The summed E-state index contributed by atoms with van der Waals surface area (Å²) in [6.45, 7) is 5.01. The van der Waals surface area contributed by atoms with Gasteiger partial charge in [0.05, 0.1) is 22.5 Å². The van der Waals surface area contributed by atoms with Gasteiger partial charge in [0.15, 0.2) is 0 Å². The van der Waals surface area contributed by atoms with E-state index in [0.29, 0.717) is 34.7 Å². The molecule has 0 unspecified atom stereocenters. The fourth-order valence-corrected chi connectivity index (χ4v) is 3.23. The summed E-state index contributed by atoms with van der Waals surface area (Å²) in [5.74, 6) is -0.603. The Hall–Kier alpha value is -1.79. The minimum atomic E-state index is -0.399. The molecule has 0 spiro atoms. The smallest absolute Gasteiger partial charge is 0.243 e. The first-order valence-corrected chi connectivity index (χ1v) is 9.20. The molecule has 3 amide bonds. The van der Waals surface area contributed by atoms with Crippen molar-refractivity contribution >= 4 is 46.6 Å². The molecule has 0 aromatic heterocycles. The lowest BCUT2D eigenvalue weighted by Gasteiger charge is -2.22. The average molecular weight is 400 g/mol. The number of hydrogen-bond donors (Lipinski definition) is 1. The molecule has 1 heterocycles. The Bertz CT molecular complexity index is 709. The number of carbonyl (C=O) groups is 3. The molecule has 1 atom stereocenters. The van der Waals surface area contributed by atoms with Crippen LogP contribution in [-0.4, -0.2) is 54.2 Å². The van der Waals surface area contributed by atoms with E-state index < -0.39 is 5.92 Å². The number of likely N-dealkylation sites (N-methyl/N-ethyl adjacent to an activating group) is 1. The Morgan fingerprint density at radius 3 is 2.62 bits per heavy atom. The third kappa shape index (κ3) is 5.35. The topological polar surface area (TPSA) is 69.7 Å². The van der Waals surface area contributed by atoms with Crippen LogP contribution in [0.25, 0.3) is 0 Å². The van der Waals surface area contributed by atoms with Crippen molar-refractivity contribution in [2.45, 2.75) is 20.3 Å². The summed E-state index contributed by atoms with van der Waals surface area (Å²) in [6, 6.07) is 4.76. The maximum absolute atomic E-state index is 12.5. The molecule has 1 N–H and O–H groups in total. The molecule has 1 aromatic rings. The maximum atomic E-state index is 12.5. The molecule has 1 fully saturated rings. The Morgan fingerprint density at radius 1 is 1.31 bits per heavy atom. The van der Waals surface area contributed by atoms with Crippen molar-refractivity contribution in [1.82, 2.24) is 9.80 Å². The van der Waals surface area contributed by atoms with Crippen LogP contribution < -0.4 is 5.32 Å². The highest BCUT2D eigenvalue weighted by Crippen LogP contribution is 2.25. The van der Waals surface area contributed by atoms with Crippen LogP contribution in [0.1, 0.15) is 20.3 Å². The van der Waals surface area contributed by atoms with Gasteiger partial charge in [-0.25, -0.2) is 0 Å². The zero-order valence-corrected chi connectivity index (χ0v) is 16.6. The van der Waals surface area contributed by atoms with Gasteiger partial charge in [-0.3, -0.25) is 14.4 Å². The van der Waals surface area contributed by atoms with Gasteiger partial charge in [-0.15, -0.1) is 0 Å². The maximum Gasteiger partial charge on any atom is 0.243 e. The predicted molar refractivity (Wildman–Crippen MR) is 102 cm³/mol. The van der Waals surface area contributed by atoms with E-state index in [9.17, 15) is 14.4 Å². The van der Waals surface area contributed by atoms with Gasteiger partial charge in [0.2, 0.25) is 17.7 Å². The summed E-state index contributed by atoms with van der Waals surface area (Å²) < 4.78 is 0. The predicted octanol–water partition coefficient (Wildman–Crippen LogP) is 2.89. The standard InChI is InChI=1S/C18H23Cl2N3O3/c1-11(2)8-23-9-12(6-17(23)25)18(26)22(3)10-16(24)21-13-4-5-14(19)15(20)7-13/h4-5,7,11-12H,6,8-10H2,1-3H3,(H,21,24)/t12-/m0/s1. The second kappa shape index (κ2) is 8.73. The molecule has 1 aliphatic heterocycles. The van der Waals surface area contributed by atoms with E-state index in [-0.39, 0.29) is 30.7 Å². The van der Waals surface area contributed by atoms with Crippen LogP contribution in [0, 0.1) is 11.8 Å². The monoisotopic (exact) mass is 399 g/mol. The molecular weight excluding hydrogens is 377 g/mol. The van der Waals surface area contributed by atoms with Crippen LogP contribution in [0.2, 0.25) is 10.0 Å². The highest BCUT2D eigenvalue weighted by Gasteiger charge is 2.36. The fourth-order valence-electron chi connectivity index (χ4n) is 2.93. The Morgan fingerprint density at radius 2 is 2.00 bits per heavy atom. The molecule has 6 nitrogen and oxygen atoms in total. The van der Waals surface area contributed by atoms with Gasteiger partial charge in [-0.2, -0.15) is 0 Å². The first kappa shape index (κ1) is 20.5. The van der Waals surface area contributed by atoms with Crippen molar-refractivity contribution in [2.24, 2.45) is 11.8 Å². The number of rotatable bonds is 6. The van der Waals surface area contributed by atoms with Crippen molar-refractivity contribution < 1.29 is 14.4 Å². The lowest BCUT2D eigenvalue weighted by Crippen LogP contribution is -2.39. The summed E-state index contributed by atoms with van der Waals surface area (Å²) >= 11 is 11.8. The number of carbonyl (C=O) groups excluding carboxylic acids is 3. The molecular formula is C18H23Cl2N3O3. The number of amides is 3. The van der Waals surface area contributed by atoms with Gasteiger partial charge in [-0.1, -0.05) is 37.0 Å². The van der Waals surface area contributed by atoms with Crippen LogP contribution in [0.15, 0.2) is 18.2 Å². The van der Waals surface area contributed by atoms with Gasteiger partial charge in [0, 0.05) is 32.2 Å². The number of nitrogens with zero attached hydrogens (tertiary/aromatic N) is 2. The van der Waals surface area contributed by atoms with Crippen molar-refractivity contribution in [2.75, 3.05) is 32.0 Å². The minimum absolute atomic E-state index is 0.00860. The van der Waals surface area contributed by atoms with E-state index >= 15 is 0 Å². The number of hydrogen-bond acceptors (Lipinski definition) is 3. The summed E-state index contributed by atoms with van der Waals surface area (Å²) in [5, 5.41) is 3.41. The quantitative estimate of drug-likeness (QED) is 0.799. The van der Waals surface area contributed by atoms with Crippen molar-refractivity contribution in [1.29, 1.82) is 0 Å². The molecule has 0 saturated carbocycles. The van der Waals surface area contributed by atoms with Gasteiger partial charge >= 0.3 is 0 Å². The third-order valence-electron chi connectivity index (χ3n) is 4.11. The zero-order chi connectivity index (χ0) is 19.4. The van der Waals surface area contributed by atoms with Gasteiger partial charge < -0.3 is 15.1 Å². The average Bonchev–Trinajstić information content (AvgIpc) is 2.90. The van der Waals surface area contributed by atoms with E-state index in [1.165, 1.54) is 4.90 Å². The summed E-state index contributed by atoms with van der Waals surface area (Å²) in [5.41, 5.74) is 0.504. The number of likely N-dealkylation sites (tertiary alicyclic amines) is 1. The van der Waals surface area contributed by atoms with E-state index in [1.54, 1.807) is 30.1 Å². The third-order valence-corrected chi connectivity index (χ3v) is 4.85. The normalized spacial score (nSPS) is 16.9. The summed E-state index contributed by atoms with van der Waals surface area (Å²) in [6.07, 6.45) is 0.199. The molecule has 26 heavy (non-hydrogen) atoms. The number of nitrogens with one attached hydrogen (secondary N) is 1. The van der Waals surface area contributed by atoms with Crippen LogP contribution in [0.5, 0.6) is 0 Å². The van der Waals surface area contributed by atoms with E-state index in [0.717, 1.165) is 0 Å². The fraction of sp³-hybridized carbons (Fsp3) is 0.500. The van der Waals surface area contributed by atoms with Gasteiger partial charge in [-0.05, 0) is 24.1 Å². The molecule has 1 aromatic carbocycles. The van der Waals surface area contributed by atoms with Crippen LogP contribution in [-0.2, 0) is 14.4 Å². The molecule has 2 rings (SSSR count). The highest BCUT2D eigenvalue weighted by molar-refractivity contribution is 6.42. The first-order chi connectivity index (χ1) is 12.2. The molecule has 0 aliphatic carbocycles. The molecule has 142 valence electrons. The molecule has 0 radical (unpaired) electrons. The van der Waals surface area contributed by atoms with Gasteiger partial charge in [0.1, 0.15) is 0 Å². The van der Waals surface area contributed by atoms with Crippen molar-refractivity contribution in [3.8, 4) is 0 Å². The summed E-state index contributed by atoms with van der Waals surface area (Å²) in [4.78, 5) is 39.8. The lowest BCUT2D eigenvalue weighted by molar-refractivity contribution is -0.137. The molecule has 8 heteroatoms. The lowest BCUT2D eigenvalue weighted by atomic mass is 10.1. The Labute approximate surface area is 163 Å². The van der Waals surface area contributed by atoms with Gasteiger partial charge in [0.25, 0.3) is 0 Å². The molecule has 1 aliphatic rings. The zero-order valence-electron chi connectivity index (χ0n) is 15.1. The minimum Gasteiger partial charge on any atom is -0.342 e. The van der Waals surface area contributed by atoms with E-state index in [2.05, 4.69) is 5.32 Å². The largest absolute Gasteiger partial charge is 0.342 e. The van der Waals surface area contributed by atoms with Crippen LogP contribution >= 0.6 is 23.2 Å². The Balaban J connectivity index is 1.89. The Kier molecular flexibility index (Phi) is 6.89. The van der Waals surface area contributed by atoms with E-state index in [4.69, 9.17) is 23.2 Å². The number of halogens is 2. The number of anilines is 1. The van der Waals surface area contributed by atoms with Crippen LogP contribution in [0.4, 0.5) is 5.69 Å². The second-order valence-corrected chi connectivity index (χ2v) is 7.78. The highest BCUT2D eigenvalue weighted by atomic mass is 35.5. The van der Waals surface area contributed by atoms with E-state index in [1.807, 2.05) is 13.8 Å². The molecule has 1 saturated heterocycles. The second-order valence-electron chi connectivity index (χ2n) is 6.96. The number of benzene rings is 1. The van der Waals surface area contributed by atoms with Crippen LogP contribution in [0.3, 0.4) is 0 Å². The molecule has 0 bridgehead atoms. The SMILES string of the molecule is CC(C)CN1C[C@@H](C(=O)N(C)CC(=O)Nc2ccc(Cl)c(Cl)c2)CC1=O. The first-order valence-electron chi connectivity index (χ1n) is 8.45. The van der Waals surface area contributed by atoms with Crippen molar-refractivity contribution in [3.05, 3.63) is 28.2 Å².